The predicted molar refractivity (Wildman–Crippen MR) is 397 cm³/mol. The summed E-state index contributed by atoms with van der Waals surface area (Å²) in [6.45, 7) is 19.2. The van der Waals surface area contributed by atoms with Crippen LogP contribution in [-0.2, 0) is 30.5 Å². The topological polar surface area (TPSA) is 256 Å². The first kappa shape index (κ1) is 72.8. The fraction of sp³-hybridized carbons (Fsp3) is 0.452. The number of fused-ring (bicyclic) bond motifs is 6. The molecular formula is C73H86Cl2N14O6S4. The molecular weight excluding hydrogens is 1370 g/mol. The average molecular weight is 1450 g/mol. The number of rotatable bonds is 29. The molecule has 0 bridgehead atoms. The van der Waals surface area contributed by atoms with Crippen LogP contribution in [0.15, 0.2) is 88.3 Å². The van der Waals surface area contributed by atoms with Crippen LogP contribution < -0.4 is 21.3 Å². The number of benzene rings is 3. The molecule has 3 aliphatic rings. The summed E-state index contributed by atoms with van der Waals surface area (Å²) in [7, 11) is 0. The summed E-state index contributed by atoms with van der Waals surface area (Å²) in [6, 6.07) is 20.0. The lowest BCUT2D eigenvalue weighted by Crippen LogP contribution is -2.59. The lowest BCUT2D eigenvalue weighted by atomic mass is 9.99. The molecule has 5 amide bonds. The van der Waals surface area contributed by atoms with Gasteiger partial charge in [0.05, 0.1) is 46.5 Å². The van der Waals surface area contributed by atoms with Crippen molar-refractivity contribution in [3.8, 4) is 20.4 Å². The second-order valence-electron chi connectivity index (χ2n) is 26.4. The fourth-order valence-electron chi connectivity index (χ4n) is 13.1. The van der Waals surface area contributed by atoms with Crippen molar-refractivity contribution in [1.29, 1.82) is 0 Å². The SMILES string of the molecule is Cc1ncsc1-c1ccc(CNC(=O)[C@@H]2C[C@@H](O)CN2C(=O)[C@@H](NC(=O)CCCCCCCNC(=O)C[C@@H]2N=C(c3ccc(Cl)cc3)c3c(sc(C)c3C)-n3c(C)nnc32)C(C)(C)SCCCCCCNC(=O)C[C@@H]2N=C(c3ccc(Cl)cc3)c3c(sc(C)c3C)-n3c(C)nnc32)cc1. The van der Waals surface area contributed by atoms with Crippen LogP contribution in [0.25, 0.3) is 20.4 Å². The molecule has 0 aliphatic carbocycles. The number of thiophene rings is 2. The van der Waals surface area contributed by atoms with Crippen molar-refractivity contribution in [2.75, 3.05) is 25.4 Å². The number of carbonyl (C=O) groups excluding carboxylic acids is 5. The van der Waals surface area contributed by atoms with Gasteiger partial charge in [-0.3, -0.25) is 43.1 Å². The molecule has 0 unspecified atom stereocenters. The van der Waals surface area contributed by atoms with Gasteiger partial charge in [0.25, 0.3) is 0 Å². The first-order valence-corrected chi connectivity index (χ1v) is 38.3. The molecule has 11 rings (SSSR count). The zero-order valence-electron chi connectivity index (χ0n) is 57.5. The number of aromatic nitrogens is 7. The van der Waals surface area contributed by atoms with Crippen molar-refractivity contribution in [1.82, 2.24) is 60.7 Å². The smallest absolute Gasteiger partial charge is 0.247 e. The average Bonchev–Trinajstić information content (AvgIpc) is 1.60. The van der Waals surface area contributed by atoms with Crippen molar-refractivity contribution < 1.29 is 29.1 Å². The van der Waals surface area contributed by atoms with Gasteiger partial charge in [-0.1, -0.05) is 104 Å². The minimum atomic E-state index is -1.01. The monoisotopic (exact) mass is 1450 g/mol. The van der Waals surface area contributed by atoms with Crippen molar-refractivity contribution in [2.45, 2.75) is 187 Å². The largest absolute Gasteiger partial charge is 0.391 e. The Labute approximate surface area is 604 Å². The Morgan fingerprint density at radius 1 is 0.626 bits per heavy atom. The number of thiazole rings is 1. The number of hydrogen-bond acceptors (Lipinski definition) is 17. The molecule has 20 nitrogen and oxygen atoms in total. The van der Waals surface area contributed by atoms with Gasteiger partial charge in [-0.05, 0) is 140 Å². The molecule has 3 aromatic carbocycles. The highest BCUT2D eigenvalue weighted by Gasteiger charge is 2.46. The second-order valence-corrected chi connectivity index (χ2v) is 32.3. The van der Waals surface area contributed by atoms with E-state index >= 15 is 4.79 Å². The standard InChI is InChI=1S/C73H86Cl2N14O6S4/c1-41-44(4)98-71-61(41)63(49-24-28-52(74)29-25-49)80-55(67-85-83-46(6)88(67)71)36-59(92)76-32-16-12-10-11-15-19-58(91)82-66(70(95)87-39-54(90)35-57(87)69(94)78-38-48-20-22-51(23-21-48)65-43(3)79-40-96-65)73(8,9)97-34-18-14-13-17-33-77-60(93)37-56-68-86-84-47(7)89(68)72-62(42(2)45(5)99-72)64(81-56)50-26-30-53(75)31-27-50/h20-31,40,54-57,66,90H,10-19,32-39H2,1-9H3,(H,76,92)(H,77,93)(H,78,94)(H,82,91)/t54-,55+,56+,57+,66-/m1/s1. The number of carbonyl (C=O) groups is 5. The number of hydrogen-bond donors (Lipinski definition) is 5. The Kier molecular flexibility index (Phi) is 23.9. The van der Waals surface area contributed by atoms with Gasteiger partial charge in [-0.15, -0.1) is 54.4 Å². The summed E-state index contributed by atoms with van der Waals surface area (Å²) in [5.74, 6) is 2.03. The van der Waals surface area contributed by atoms with E-state index in [0.717, 1.165) is 144 Å². The molecule has 5 N–H and O–H groups in total. The number of aliphatic hydroxyl groups is 1. The zero-order valence-corrected chi connectivity index (χ0v) is 62.2. The highest BCUT2D eigenvalue weighted by molar-refractivity contribution is 8.00. The Morgan fingerprint density at radius 3 is 1.64 bits per heavy atom. The van der Waals surface area contributed by atoms with Crippen LogP contribution in [0, 0.1) is 48.5 Å². The fourth-order valence-corrected chi connectivity index (χ4v) is 17.7. The molecule has 26 heteroatoms. The van der Waals surface area contributed by atoms with Crippen molar-refractivity contribution in [3.63, 3.8) is 0 Å². The van der Waals surface area contributed by atoms with Gasteiger partial charge in [0.2, 0.25) is 29.5 Å². The van der Waals surface area contributed by atoms with Gasteiger partial charge in [-0.25, -0.2) is 4.98 Å². The maximum Gasteiger partial charge on any atom is 0.247 e. The third kappa shape index (κ3) is 17.0. The molecule has 5 aromatic heterocycles. The van der Waals surface area contributed by atoms with Gasteiger partial charge in [0, 0.05) is 85.8 Å². The number of aliphatic imine (C=N–C) groups is 2. The normalized spacial score (nSPS) is 16.7. The molecule has 0 radical (unpaired) electrons. The van der Waals surface area contributed by atoms with Crippen LogP contribution in [0.5, 0.6) is 0 Å². The molecule has 99 heavy (non-hydrogen) atoms. The number of unbranched alkanes of at least 4 members (excludes halogenated alkanes) is 7. The summed E-state index contributed by atoms with van der Waals surface area (Å²) in [5.41, 5.74) is 12.3. The first-order valence-electron chi connectivity index (χ1n) is 34.0. The molecule has 0 saturated carbocycles. The number of nitrogens with zero attached hydrogens (tertiary/aromatic N) is 10. The van der Waals surface area contributed by atoms with Gasteiger partial charge < -0.3 is 31.3 Å². The number of halogens is 2. The maximum atomic E-state index is 15.0. The maximum absolute atomic E-state index is 15.0. The minimum Gasteiger partial charge on any atom is -0.391 e. The quantitative estimate of drug-likeness (QED) is 0.0274. The van der Waals surface area contributed by atoms with E-state index in [1.807, 2.05) is 122 Å². The van der Waals surface area contributed by atoms with Gasteiger partial charge in [0.1, 0.15) is 45.8 Å². The molecule has 8 heterocycles. The molecule has 1 fully saturated rings. The van der Waals surface area contributed by atoms with E-state index in [1.54, 1.807) is 45.8 Å². The highest BCUT2D eigenvalue weighted by atomic mass is 35.5. The number of amides is 5. The first-order chi connectivity index (χ1) is 47.5. The van der Waals surface area contributed by atoms with Crippen molar-refractivity contribution in [2.24, 2.45) is 9.98 Å². The molecule has 8 aromatic rings. The number of β-amino-alcohol motifs (C(OH)–C–C–N with tert-alkyl or cyclic N) is 1. The highest BCUT2D eigenvalue weighted by Crippen LogP contribution is 2.42. The minimum absolute atomic E-state index is 0.0449. The number of nitrogens with one attached hydrogen (secondary N) is 4. The number of likely N-dealkylation sites (tertiary alicyclic amines) is 1. The van der Waals surface area contributed by atoms with E-state index in [1.165, 1.54) is 9.78 Å². The van der Waals surface area contributed by atoms with E-state index in [-0.39, 0.29) is 62.4 Å². The van der Waals surface area contributed by atoms with E-state index in [4.69, 9.17) is 33.2 Å². The Bertz CT molecular complexity index is 4310. The molecule has 5 atom stereocenters. The molecule has 522 valence electrons. The van der Waals surface area contributed by atoms with Crippen LogP contribution in [0.1, 0.15) is 187 Å². The molecule has 0 spiro atoms. The zero-order chi connectivity index (χ0) is 70.2. The van der Waals surface area contributed by atoms with E-state index in [0.29, 0.717) is 47.0 Å². The van der Waals surface area contributed by atoms with Crippen LogP contribution in [-0.4, -0.2) is 134 Å². The summed E-state index contributed by atoms with van der Waals surface area (Å²) in [4.78, 5) is 90.2. The third-order valence-electron chi connectivity index (χ3n) is 18.8. The summed E-state index contributed by atoms with van der Waals surface area (Å²) < 4.78 is 3.26. The van der Waals surface area contributed by atoms with Crippen LogP contribution in [0.2, 0.25) is 10.0 Å². The Balaban J connectivity index is 0.666. The Morgan fingerprint density at radius 2 is 1.12 bits per heavy atom. The van der Waals surface area contributed by atoms with Crippen molar-refractivity contribution >= 4 is 110 Å². The lowest BCUT2D eigenvalue weighted by Gasteiger charge is -2.37. The summed E-state index contributed by atoms with van der Waals surface area (Å²) >= 11 is 19.1. The lowest BCUT2D eigenvalue weighted by molar-refractivity contribution is -0.142. The van der Waals surface area contributed by atoms with Gasteiger partial charge in [0.15, 0.2) is 11.6 Å². The molecule has 1 saturated heterocycles. The number of aliphatic hydroxyl groups excluding tert-OH is 1. The van der Waals surface area contributed by atoms with Crippen LogP contribution in [0.4, 0.5) is 0 Å². The van der Waals surface area contributed by atoms with Crippen molar-refractivity contribution in [3.05, 3.63) is 166 Å². The second kappa shape index (κ2) is 32.5. The van der Waals surface area contributed by atoms with Crippen LogP contribution in [0.3, 0.4) is 0 Å². The summed E-state index contributed by atoms with van der Waals surface area (Å²) in [6.07, 6.45) is 6.58. The third-order valence-corrected chi connectivity index (χ3v) is 24.1. The number of thioether (sulfide) groups is 1. The van der Waals surface area contributed by atoms with E-state index in [2.05, 4.69) is 74.3 Å². The van der Waals surface area contributed by atoms with E-state index < -0.39 is 40.9 Å². The van der Waals surface area contributed by atoms with Gasteiger partial charge in [-0.2, -0.15) is 11.8 Å². The molecule has 3 aliphatic heterocycles. The number of aryl methyl sites for hydroxylation is 5. The summed E-state index contributed by atoms with van der Waals surface area (Å²) in [5, 5.41) is 44.6. The predicted octanol–water partition coefficient (Wildman–Crippen LogP) is 13.2. The Hall–Kier alpha value is -7.45. The van der Waals surface area contributed by atoms with E-state index in [9.17, 15) is 24.3 Å². The van der Waals surface area contributed by atoms with Crippen LogP contribution >= 0.6 is 69.0 Å². The van der Waals surface area contributed by atoms with Gasteiger partial charge >= 0.3 is 0 Å².